The largest absolute Gasteiger partial charge is 0.476 e. The smallest absolute Gasteiger partial charge is 0.356 e. The molecule has 28 heavy (non-hydrogen) atoms. The number of aromatic amines is 1. The fourth-order valence-corrected chi connectivity index (χ4v) is 5.29. The first-order valence-corrected chi connectivity index (χ1v) is 10.3. The molecule has 1 fully saturated rings. The van der Waals surface area contributed by atoms with Crippen LogP contribution >= 0.6 is 0 Å². The number of carbonyl (C=O) groups excluding carboxylic acids is 1. The van der Waals surface area contributed by atoms with Crippen molar-refractivity contribution in [2.75, 3.05) is 13.1 Å². The maximum atomic E-state index is 12.9. The minimum Gasteiger partial charge on any atom is -0.476 e. The first-order chi connectivity index (χ1) is 13.6. The maximum absolute atomic E-state index is 12.9. The Hall–Kier alpha value is -2.63. The number of carboxylic acid groups (broad SMARTS) is 1. The van der Waals surface area contributed by atoms with Crippen molar-refractivity contribution in [2.24, 2.45) is 0 Å². The zero-order valence-electron chi connectivity index (χ0n) is 15.9. The van der Waals surface area contributed by atoms with Crippen LogP contribution in [0.5, 0.6) is 0 Å². The van der Waals surface area contributed by atoms with Gasteiger partial charge in [0.05, 0.1) is 0 Å². The molecule has 2 aliphatic carbocycles. The van der Waals surface area contributed by atoms with Gasteiger partial charge >= 0.3 is 5.97 Å². The first-order valence-electron chi connectivity index (χ1n) is 10.3. The minimum atomic E-state index is -1.02. The number of hydrogen-bond acceptors (Lipinski definition) is 3. The fourth-order valence-electron chi connectivity index (χ4n) is 5.29. The van der Waals surface area contributed by atoms with Gasteiger partial charge in [-0.3, -0.25) is 9.89 Å². The lowest BCUT2D eigenvalue weighted by molar-refractivity contribution is -0.132. The molecular weight excluding hydrogens is 354 g/mol. The van der Waals surface area contributed by atoms with Crippen LogP contribution in [0.25, 0.3) is 0 Å². The number of aromatic carboxylic acids is 1. The van der Waals surface area contributed by atoms with E-state index in [0.717, 1.165) is 50.0 Å². The number of piperidine rings is 1. The van der Waals surface area contributed by atoms with Crippen LogP contribution in [-0.4, -0.2) is 45.2 Å². The number of H-pyrrole nitrogens is 1. The van der Waals surface area contributed by atoms with Gasteiger partial charge in [0.1, 0.15) is 0 Å². The predicted molar refractivity (Wildman–Crippen MR) is 104 cm³/mol. The summed E-state index contributed by atoms with van der Waals surface area (Å²) in [6, 6.07) is 6.68. The third-order valence-corrected chi connectivity index (χ3v) is 6.90. The number of benzene rings is 1. The van der Waals surface area contributed by atoms with E-state index < -0.39 is 5.97 Å². The van der Waals surface area contributed by atoms with Gasteiger partial charge in [-0.2, -0.15) is 5.10 Å². The molecule has 1 saturated heterocycles. The van der Waals surface area contributed by atoms with E-state index in [9.17, 15) is 14.7 Å². The number of aryl methyl sites for hydroxylation is 2. The van der Waals surface area contributed by atoms with E-state index in [4.69, 9.17) is 0 Å². The summed E-state index contributed by atoms with van der Waals surface area (Å²) >= 11 is 0. The quantitative estimate of drug-likeness (QED) is 0.855. The Labute approximate surface area is 163 Å². The van der Waals surface area contributed by atoms with Gasteiger partial charge in [-0.1, -0.05) is 18.2 Å². The van der Waals surface area contributed by atoms with E-state index in [2.05, 4.69) is 28.4 Å². The molecule has 1 aliphatic heterocycles. The summed E-state index contributed by atoms with van der Waals surface area (Å²) in [6.45, 7) is 1.59. The van der Waals surface area contributed by atoms with Gasteiger partial charge in [0, 0.05) is 30.8 Å². The second kappa shape index (κ2) is 6.76. The van der Waals surface area contributed by atoms with Crippen LogP contribution in [0.2, 0.25) is 0 Å². The van der Waals surface area contributed by atoms with Gasteiger partial charge in [-0.15, -0.1) is 0 Å². The van der Waals surface area contributed by atoms with E-state index in [0.29, 0.717) is 12.3 Å². The van der Waals surface area contributed by atoms with Crippen LogP contribution in [0.4, 0.5) is 0 Å². The lowest BCUT2D eigenvalue weighted by atomic mass is 9.78. The molecule has 6 heteroatoms. The summed E-state index contributed by atoms with van der Waals surface area (Å²) < 4.78 is 0. The van der Waals surface area contributed by atoms with Crippen LogP contribution in [0, 0.1) is 0 Å². The molecule has 2 heterocycles. The molecule has 1 aromatic heterocycles. The van der Waals surface area contributed by atoms with Crippen LogP contribution in [0.15, 0.2) is 18.2 Å². The Kier molecular flexibility index (Phi) is 4.22. The molecule has 2 aromatic rings. The summed E-state index contributed by atoms with van der Waals surface area (Å²) in [5.74, 6) is -0.337. The van der Waals surface area contributed by atoms with Crippen LogP contribution < -0.4 is 0 Å². The molecule has 1 amide bonds. The topological polar surface area (TPSA) is 86.3 Å². The minimum absolute atomic E-state index is 0.0287. The Morgan fingerprint density at radius 2 is 1.96 bits per heavy atom. The van der Waals surface area contributed by atoms with Crippen LogP contribution in [0.3, 0.4) is 0 Å². The Balaban J connectivity index is 1.22. The lowest BCUT2D eigenvalue weighted by Gasteiger charge is -2.35. The highest BCUT2D eigenvalue weighted by molar-refractivity contribution is 5.88. The van der Waals surface area contributed by atoms with Crippen molar-refractivity contribution in [1.82, 2.24) is 15.1 Å². The normalized spacial score (nSPS) is 21.1. The van der Waals surface area contributed by atoms with E-state index >= 15 is 0 Å². The Bertz CT molecular complexity index is 940. The number of rotatable bonds is 4. The molecule has 5 rings (SSSR count). The number of nitrogens with zero attached hydrogens (tertiary/aromatic N) is 2. The summed E-state index contributed by atoms with van der Waals surface area (Å²) in [4.78, 5) is 26.3. The maximum Gasteiger partial charge on any atom is 0.356 e. The van der Waals surface area contributed by atoms with E-state index in [1.807, 2.05) is 4.90 Å². The molecule has 146 valence electrons. The molecule has 2 N–H and O–H groups in total. The van der Waals surface area contributed by atoms with E-state index in [1.54, 1.807) is 5.56 Å². The second-order valence-electron chi connectivity index (χ2n) is 8.35. The van der Waals surface area contributed by atoms with Crippen molar-refractivity contribution in [3.8, 4) is 0 Å². The number of amides is 1. The SMILES string of the molecule is O=C(O)c1n[nH]c2c1C(CC(=O)N1CCC(c3cccc4c3CC4)CC1)CC2. The highest BCUT2D eigenvalue weighted by Gasteiger charge is 2.34. The van der Waals surface area contributed by atoms with Crippen molar-refractivity contribution >= 4 is 11.9 Å². The zero-order chi connectivity index (χ0) is 19.3. The molecule has 0 radical (unpaired) electrons. The number of hydrogen-bond donors (Lipinski definition) is 2. The lowest BCUT2D eigenvalue weighted by Crippen LogP contribution is -2.38. The number of likely N-dealkylation sites (tertiary alicyclic amines) is 1. The van der Waals surface area contributed by atoms with Crippen LogP contribution in [0.1, 0.15) is 76.0 Å². The van der Waals surface area contributed by atoms with Gasteiger partial charge in [0.25, 0.3) is 0 Å². The van der Waals surface area contributed by atoms with E-state index in [-0.39, 0.29) is 17.5 Å². The molecule has 3 aliphatic rings. The summed E-state index contributed by atoms with van der Waals surface area (Å²) in [5, 5.41) is 16.1. The molecule has 1 unspecified atom stereocenters. The predicted octanol–water partition coefficient (Wildman–Crippen LogP) is 3.03. The summed E-state index contributed by atoms with van der Waals surface area (Å²) in [5.41, 5.74) is 6.27. The summed E-state index contributed by atoms with van der Waals surface area (Å²) in [6.07, 6.45) is 6.42. The molecule has 1 aromatic carbocycles. The van der Waals surface area contributed by atoms with Crippen molar-refractivity contribution in [3.05, 3.63) is 51.8 Å². The molecule has 1 atom stereocenters. The number of nitrogens with one attached hydrogen (secondary N) is 1. The number of fused-ring (bicyclic) bond motifs is 2. The molecule has 0 bridgehead atoms. The highest BCUT2D eigenvalue weighted by Crippen LogP contribution is 2.39. The van der Waals surface area contributed by atoms with Gasteiger partial charge in [-0.05, 0) is 67.1 Å². The summed E-state index contributed by atoms with van der Waals surface area (Å²) in [7, 11) is 0. The monoisotopic (exact) mass is 379 g/mol. The number of carbonyl (C=O) groups is 2. The van der Waals surface area contributed by atoms with E-state index in [1.165, 1.54) is 24.0 Å². The Morgan fingerprint density at radius 1 is 1.14 bits per heavy atom. The van der Waals surface area contributed by atoms with Gasteiger partial charge < -0.3 is 10.0 Å². The van der Waals surface area contributed by atoms with Crippen molar-refractivity contribution in [1.29, 1.82) is 0 Å². The van der Waals surface area contributed by atoms with Gasteiger partial charge in [0.2, 0.25) is 5.91 Å². The highest BCUT2D eigenvalue weighted by atomic mass is 16.4. The number of carboxylic acids is 1. The van der Waals surface area contributed by atoms with Crippen molar-refractivity contribution in [3.63, 3.8) is 0 Å². The fraction of sp³-hybridized carbons (Fsp3) is 0.500. The molecular formula is C22H25N3O3. The second-order valence-corrected chi connectivity index (χ2v) is 8.35. The molecule has 0 saturated carbocycles. The average Bonchev–Trinajstić information content (AvgIpc) is 3.25. The van der Waals surface area contributed by atoms with Gasteiger partial charge in [-0.25, -0.2) is 4.79 Å². The van der Waals surface area contributed by atoms with Gasteiger partial charge in [0.15, 0.2) is 5.69 Å². The zero-order valence-corrected chi connectivity index (χ0v) is 15.9. The third-order valence-electron chi connectivity index (χ3n) is 6.90. The Morgan fingerprint density at radius 3 is 2.68 bits per heavy atom. The third kappa shape index (κ3) is 2.82. The first kappa shape index (κ1) is 17.5. The van der Waals surface area contributed by atoms with Crippen LogP contribution in [-0.2, 0) is 24.1 Å². The molecule has 6 nitrogen and oxygen atoms in total. The van der Waals surface area contributed by atoms with Crippen molar-refractivity contribution in [2.45, 2.75) is 56.8 Å². The number of aromatic nitrogens is 2. The average molecular weight is 379 g/mol. The standard InChI is InChI=1S/C22H25N3O3/c26-19(12-15-5-7-18-20(15)21(22(27)28)24-23-18)25-10-8-14(9-11-25)16-3-1-2-13-4-6-17(13)16/h1-3,14-15H,4-12H2,(H,23,24)(H,27,28). The molecule has 0 spiro atoms. The van der Waals surface area contributed by atoms with Crippen molar-refractivity contribution < 1.29 is 14.7 Å².